The van der Waals surface area contributed by atoms with Crippen molar-refractivity contribution in [1.29, 1.82) is 0 Å². The Balaban J connectivity index is 2.14. The molecule has 0 bridgehead atoms. The largest absolute Gasteiger partial charge is 0.463 e. The number of hydrogen-bond donors (Lipinski definition) is 0. The number of benzene rings is 1. The Bertz CT molecular complexity index is 644. The van der Waals surface area contributed by atoms with Crippen molar-refractivity contribution >= 4 is 17.9 Å². The molecule has 8 heteroatoms. The molecule has 1 saturated heterocycles. The second-order valence-corrected chi connectivity index (χ2v) is 6.16. The predicted molar refractivity (Wildman–Crippen MR) is 92.5 cm³/mol. The lowest BCUT2D eigenvalue weighted by molar-refractivity contribution is -0.234. The highest BCUT2D eigenvalue weighted by atomic mass is 16.6. The standard InChI is InChI=1S/C19H24O8/c1-12(20)23-10-16-18(26-13(2)21)19(27-14(3)22)17(11-25-16)24-9-15-7-5-4-6-8-15/h4-8,16-19H,9-11H2,1-3H3/t16-,17+,18+,19+/m0/s1. The molecule has 0 unspecified atom stereocenters. The van der Waals surface area contributed by atoms with Gasteiger partial charge in [-0.2, -0.15) is 0 Å². The minimum Gasteiger partial charge on any atom is -0.463 e. The van der Waals surface area contributed by atoms with Crippen LogP contribution in [0.3, 0.4) is 0 Å². The fourth-order valence-corrected chi connectivity index (χ4v) is 2.76. The van der Waals surface area contributed by atoms with E-state index < -0.39 is 42.3 Å². The molecular weight excluding hydrogens is 356 g/mol. The van der Waals surface area contributed by atoms with Crippen molar-refractivity contribution in [3.8, 4) is 0 Å². The first-order valence-corrected chi connectivity index (χ1v) is 8.61. The van der Waals surface area contributed by atoms with Crippen LogP contribution < -0.4 is 0 Å². The van der Waals surface area contributed by atoms with Crippen LogP contribution in [0.1, 0.15) is 26.3 Å². The highest BCUT2D eigenvalue weighted by Gasteiger charge is 2.46. The average Bonchev–Trinajstić information content (AvgIpc) is 2.61. The molecule has 1 aliphatic heterocycles. The maximum Gasteiger partial charge on any atom is 0.303 e. The Hall–Kier alpha value is -2.45. The molecule has 2 rings (SSSR count). The van der Waals surface area contributed by atoms with Crippen molar-refractivity contribution in [2.24, 2.45) is 0 Å². The molecule has 1 heterocycles. The van der Waals surface area contributed by atoms with Gasteiger partial charge in [-0.3, -0.25) is 14.4 Å². The lowest BCUT2D eigenvalue weighted by Gasteiger charge is -2.40. The molecule has 4 atom stereocenters. The van der Waals surface area contributed by atoms with Gasteiger partial charge in [0.2, 0.25) is 0 Å². The van der Waals surface area contributed by atoms with Gasteiger partial charge in [-0.1, -0.05) is 30.3 Å². The molecular formula is C19H24O8. The van der Waals surface area contributed by atoms with E-state index in [1.54, 1.807) is 0 Å². The zero-order valence-corrected chi connectivity index (χ0v) is 15.6. The van der Waals surface area contributed by atoms with Crippen molar-refractivity contribution < 1.29 is 38.1 Å². The summed E-state index contributed by atoms with van der Waals surface area (Å²) in [5.74, 6) is -1.61. The molecule has 0 aromatic heterocycles. The second kappa shape index (κ2) is 10.0. The highest BCUT2D eigenvalue weighted by molar-refractivity contribution is 5.67. The molecule has 1 fully saturated rings. The molecule has 0 amide bonds. The van der Waals surface area contributed by atoms with E-state index in [0.29, 0.717) is 0 Å². The quantitative estimate of drug-likeness (QED) is 0.517. The molecule has 0 saturated carbocycles. The van der Waals surface area contributed by atoms with Crippen LogP contribution >= 0.6 is 0 Å². The minimum atomic E-state index is -0.958. The van der Waals surface area contributed by atoms with Gasteiger partial charge >= 0.3 is 17.9 Å². The number of esters is 3. The van der Waals surface area contributed by atoms with Crippen LogP contribution in [0.4, 0.5) is 0 Å². The molecule has 0 radical (unpaired) electrons. The van der Waals surface area contributed by atoms with E-state index in [0.717, 1.165) is 5.56 Å². The van der Waals surface area contributed by atoms with E-state index in [2.05, 4.69) is 0 Å². The summed E-state index contributed by atoms with van der Waals surface area (Å²) in [6.07, 6.45) is -3.25. The summed E-state index contributed by atoms with van der Waals surface area (Å²) in [7, 11) is 0. The maximum atomic E-state index is 11.6. The average molecular weight is 380 g/mol. The fraction of sp³-hybridized carbons (Fsp3) is 0.526. The van der Waals surface area contributed by atoms with E-state index in [9.17, 15) is 14.4 Å². The molecule has 0 aliphatic carbocycles. The Morgan fingerprint density at radius 2 is 1.59 bits per heavy atom. The fourth-order valence-electron chi connectivity index (χ4n) is 2.76. The van der Waals surface area contributed by atoms with Gasteiger partial charge in [-0.25, -0.2) is 0 Å². The van der Waals surface area contributed by atoms with Crippen LogP contribution in [0.15, 0.2) is 30.3 Å². The third-order valence-corrected chi connectivity index (χ3v) is 3.89. The Labute approximate surface area is 157 Å². The lowest BCUT2D eigenvalue weighted by Crippen LogP contribution is -2.58. The normalized spacial score (nSPS) is 24.7. The summed E-state index contributed by atoms with van der Waals surface area (Å²) in [5.41, 5.74) is 0.935. The first-order chi connectivity index (χ1) is 12.9. The van der Waals surface area contributed by atoms with Gasteiger partial charge in [0.15, 0.2) is 12.2 Å². The van der Waals surface area contributed by atoms with Crippen LogP contribution in [-0.4, -0.2) is 55.5 Å². The summed E-state index contributed by atoms with van der Waals surface area (Å²) >= 11 is 0. The van der Waals surface area contributed by atoms with E-state index in [1.807, 2.05) is 30.3 Å². The van der Waals surface area contributed by atoms with Crippen LogP contribution in [0.5, 0.6) is 0 Å². The number of carbonyl (C=O) groups is 3. The zero-order chi connectivity index (χ0) is 19.8. The molecule has 27 heavy (non-hydrogen) atoms. The number of hydrogen-bond acceptors (Lipinski definition) is 8. The lowest BCUT2D eigenvalue weighted by atomic mass is 9.99. The molecule has 8 nitrogen and oxygen atoms in total. The number of carbonyl (C=O) groups excluding carboxylic acids is 3. The van der Waals surface area contributed by atoms with Crippen molar-refractivity contribution in [3.05, 3.63) is 35.9 Å². The number of rotatable bonds is 7. The molecule has 1 aliphatic rings. The van der Waals surface area contributed by atoms with E-state index >= 15 is 0 Å². The van der Waals surface area contributed by atoms with Crippen LogP contribution in [0.2, 0.25) is 0 Å². The highest BCUT2D eigenvalue weighted by Crippen LogP contribution is 2.25. The number of ether oxygens (including phenoxy) is 5. The summed E-state index contributed by atoms with van der Waals surface area (Å²) in [6, 6.07) is 9.47. The summed E-state index contributed by atoms with van der Waals surface area (Å²) in [6.45, 7) is 4.00. The SMILES string of the molecule is CC(=O)OC[C@@H]1OC[C@@H](OCc2ccccc2)[C@@H](OC(C)=O)[C@@H]1OC(C)=O. The van der Waals surface area contributed by atoms with Crippen LogP contribution in [0, 0.1) is 0 Å². The Morgan fingerprint density at radius 3 is 2.19 bits per heavy atom. The Kier molecular flexibility index (Phi) is 7.75. The summed E-state index contributed by atoms with van der Waals surface area (Å²) in [5, 5.41) is 0. The molecule has 1 aromatic rings. The summed E-state index contributed by atoms with van der Waals surface area (Å²) < 4.78 is 27.2. The summed E-state index contributed by atoms with van der Waals surface area (Å²) in [4.78, 5) is 34.2. The van der Waals surface area contributed by atoms with Gasteiger partial charge in [0.25, 0.3) is 0 Å². The third kappa shape index (κ3) is 6.65. The van der Waals surface area contributed by atoms with Gasteiger partial charge in [-0.15, -0.1) is 0 Å². The van der Waals surface area contributed by atoms with E-state index in [-0.39, 0.29) is 19.8 Å². The molecule has 0 N–H and O–H groups in total. The first-order valence-electron chi connectivity index (χ1n) is 8.61. The van der Waals surface area contributed by atoms with Crippen molar-refractivity contribution in [2.75, 3.05) is 13.2 Å². The first kappa shape index (κ1) is 20.9. The monoisotopic (exact) mass is 380 g/mol. The van der Waals surface area contributed by atoms with Gasteiger partial charge in [0.05, 0.1) is 13.2 Å². The smallest absolute Gasteiger partial charge is 0.303 e. The van der Waals surface area contributed by atoms with Gasteiger partial charge in [0, 0.05) is 20.8 Å². The van der Waals surface area contributed by atoms with Gasteiger partial charge < -0.3 is 23.7 Å². The van der Waals surface area contributed by atoms with Crippen LogP contribution in [0.25, 0.3) is 0 Å². The van der Waals surface area contributed by atoms with Crippen molar-refractivity contribution in [1.82, 2.24) is 0 Å². The van der Waals surface area contributed by atoms with Crippen molar-refractivity contribution in [2.45, 2.75) is 51.8 Å². The molecule has 1 aromatic carbocycles. The third-order valence-electron chi connectivity index (χ3n) is 3.89. The van der Waals surface area contributed by atoms with Crippen molar-refractivity contribution in [3.63, 3.8) is 0 Å². The maximum absolute atomic E-state index is 11.6. The van der Waals surface area contributed by atoms with E-state index in [4.69, 9.17) is 23.7 Å². The second-order valence-electron chi connectivity index (χ2n) is 6.16. The van der Waals surface area contributed by atoms with Gasteiger partial charge in [0.1, 0.15) is 18.8 Å². The van der Waals surface area contributed by atoms with Crippen LogP contribution in [-0.2, 0) is 44.7 Å². The van der Waals surface area contributed by atoms with E-state index in [1.165, 1.54) is 20.8 Å². The predicted octanol–water partition coefficient (Wildman–Crippen LogP) is 1.40. The molecule has 148 valence electrons. The minimum absolute atomic E-state index is 0.0917. The topological polar surface area (TPSA) is 97.4 Å². The molecule has 0 spiro atoms. The zero-order valence-electron chi connectivity index (χ0n) is 15.6. The Morgan fingerprint density at radius 1 is 0.963 bits per heavy atom. The van der Waals surface area contributed by atoms with Gasteiger partial charge in [-0.05, 0) is 5.56 Å².